The molecule has 2 aromatic carbocycles. The summed E-state index contributed by atoms with van der Waals surface area (Å²) in [5.74, 6) is 0.950. The fourth-order valence-corrected chi connectivity index (χ4v) is 2.15. The van der Waals surface area contributed by atoms with E-state index >= 15 is 0 Å². The molecule has 3 rings (SSSR count). The van der Waals surface area contributed by atoms with Crippen molar-refractivity contribution in [2.45, 2.75) is 20.1 Å². The molecule has 0 N–H and O–H groups in total. The van der Waals surface area contributed by atoms with Crippen molar-refractivity contribution in [2.75, 3.05) is 0 Å². The summed E-state index contributed by atoms with van der Waals surface area (Å²) in [6, 6.07) is 14.5. The van der Waals surface area contributed by atoms with Gasteiger partial charge in [0.1, 0.15) is 12.4 Å². The molecular weight excluding hydrogens is 222 g/mol. The molecule has 0 bridgehead atoms. The first-order valence-electron chi connectivity index (χ1n) is 6.13. The minimum Gasteiger partial charge on any atom is -0.489 e. The molecule has 2 nitrogen and oxygen atoms in total. The first kappa shape index (κ1) is 11.0. The molecule has 0 saturated heterocycles. The summed E-state index contributed by atoms with van der Waals surface area (Å²) in [5, 5.41) is 0. The van der Waals surface area contributed by atoms with E-state index in [9.17, 15) is 0 Å². The Morgan fingerprint density at radius 3 is 2.83 bits per heavy atom. The van der Waals surface area contributed by atoms with Gasteiger partial charge in [-0.3, -0.25) is 4.99 Å². The average Bonchev–Trinajstić information content (AvgIpc) is 2.84. The quantitative estimate of drug-likeness (QED) is 0.800. The lowest BCUT2D eigenvalue weighted by Gasteiger charge is -2.11. The van der Waals surface area contributed by atoms with Gasteiger partial charge in [-0.15, -0.1) is 0 Å². The molecule has 0 unspecified atom stereocenters. The second-order valence-electron chi connectivity index (χ2n) is 4.56. The van der Waals surface area contributed by atoms with E-state index in [2.05, 4.69) is 36.2 Å². The highest BCUT2D eigenvalue weighted by molar-refractivity contribution is 5.85. The Labute approximate surface area is 107 Å². The summed E-state index contributed by atoms with van der Waals surface area (Å²) >= 11 is 0. The van der Waals surface area contributed by atoms with Crippen molar-refractivity contribution < 1.29 is 4.74 Å². The van der Waals surface area contributed by atoms with Gasteiger partial charge in [0, 0.05) is 11.8 Å². The number of ether oxygens (including phenoxy) is 1. The lowest BCUT2D eigenvalue weighted by Crippen LogP contribution is -1.98. The number of aryl methyl sites for hydroxylation is 1. The maximum Gasteiger partial charge on any atom is 0.123 e. The van der Waals surface area contributed by atoms with E-state index in [0.29, 0.717) is 6.61 Å². The molecule has 0 atom stereocenters. The molecule has 1 aliphatic heterocycles. The molecule has 0 aliphatic carbocycles. The largest absolute Gasteiger partial charge is 0.489 e. The van der Waals surface area contributed by atoms with Crippen molar-refractivity contribution in [2.24, 2.45) is 4.99 Å². The Balaban J connectivity index is 1.79. The molecule has 2 aromatic rings. The molecule has 0 saturated carbocycles. The second-order valence-corrected chi connectivity index (χ2v) is 4.56. The average molecular weight is 237 g/mol. The van der Waals surface area contributed by atoms with Crippen molar-refractivity contribution in [3.63, 3.8) is 0 Å². The molecule has 0 fully saturated rings. The van der Waals surface area contributed by atoms with Crippen LogP contribution >= 0.6 is 0 Å². The zero-order valence-electron chi connectivity index (χ0n) is 10.4. The van der Waals surface area contributed by atoms with Gasteiger partial charge in [-0.05, 0) is 35.7 Å². The number of rotatable bonds is 3. The zero-order valence-corrected chi connectivity index (χ0v) is 10.4. The third-order valence-corrected chi connectivity index (χ3v) is 3.17. The monoisotopic (exact) mass is 237 g/mol. The van der Waals surface area contributed by atoms with Gasteiger partial charge in [0.2, 0.25) is 0 Å². The summed E-state index contributed by atoms with van der Waals surface area (Å²) in [4.78, 5) is 4.27. The van der Waals surface area contributed by atoms with Crippen molar-refractivity contribution in [3.8, 4) is 5.75 Å². The van der Waals surface area contributed by atoms with E-state index in [0.717, 1.165) is 12.3 Å². The van der Waals surface area contributed by atoms with Crippen molar-refractivity contribution in [3.05, 3.63) is 64.7 Å². The van der Waals surface area contributed by atoms with E-state index in [1.165, 1.54) is 22.3 Å². The fraction of sp³-hybridized carbons (Fsp3) is 0.188. The van der Waals surface area contributed by atoms with Crippen molar-refractivity contribution >= 4 is 6.21 Å². The first-order valence-corrected chi connectivity index (χ1v) is 6.13. The van der Waals surface area contributed by atoms with E-state index < -0.39 is 0 Å². The SMILES string of the molecule is Cc1cc2c(cc1OCc1ccccc1)C=NC2. The van der Waals surface area contributed by atoms with Gasteiger partial charge in [-0.25, -0.2) is 0 Å². The van der Waals surface area contributed by atoms with Gasteiger partial charge < -0.3 is 4.74 Å². The van der Waals surface area contributed by atoms with Gasteiger partial charge >= 0.3 is 0 Å². The summed E-state index contributed by atoms with van der Waals surface area (Å²) in [6.45, 7) is 3.49. The van der Waals surface area contributed by atoms with Gasteiger partial charge in [0.15, 0.2) is 0 Å². The van der Waals surface area contributed by atoms with E-state index in [-0.39, 0.29) is 0 Å². The van der Waals surface area contributed by atoms with Crippen LogP contribution in [0, 0.1) is 6.92 Å². The van der Waals surface area contributed by atoms with Gasteiger partial charge in [-0.2, -0.15) is 0 Å². The van der Waals surface area contributed by atoms with Gasteiger partial charge in [0.05, 0.1) is 6.54 Å². The smallest absolute Gasteiger partial charge is 0.123 e. The highest BCUT2D eigenvalue weighted by Gasteiger charge is 2.10. The number of benzene rings is 2. The molecule has 0 aromatic heterocycles. The normalized spacial score (nSPS) is 12.5. The van der Waals surface area contributed by atoms with Gasteiger partial charge in [-0.1, -0.05) is 30.3 Å². The fourth-order valence-electron chi connectivity index (χ4n) is 2.15. The third kappa shape index (κ3) is 2.14. The minimum atomic E-state index is 0.609. The van der Waals surface area contributed by atoms with Crippen molar-refractivity contribution in [1.82, 2.24) is 0 Å². The topological polar surface area (TPSA) is 21.6 Å². The Hall–Kier alpha value is -2.09. The molecule has 90 valence electrons. The number of hydrogen-bond donors (Lipinski definition) is 0. The number of hydrogen-bond acceptors (Lipinski definition) is 2. The predicted molar refractivity (Wildman–Crippen MR) is 73.3 cm³/mol. The Morgan fingerprint density at radius 2 is 2.00 bits per heavy atom. The predicted octanol–water partition coefficient (Wildman–Crippen LogP) is 3.51. The van der Waals surface area contributed by atoms with Gasteiger partial charge in [0.25, 0.3) is 0 Å². The number of fused-ring (bicyclic) bond motifs is 1. The van der Waals surface area contributed by atoms with Crippen molar-refractivity contribution in [1.29, 1.82) is 0 Å². The maximum atomic E-state index is 5.89. The number of aliphatic imine (C=N–C) groups is 1. The van der Waals surface area contributed by atoms with Crippen LogP contribution in [0.4, 0.5) is 0 Å². The molecule has 18 heavy (non-hydrogen) atoms. The minimum absolute atomic E-state index is 0.609. The van der Waals surface area contributed by atoms with E-state index in [1.807, 2.05) is 24.4 Å². The van der Waals surface area contributed by atoms with Crippen LogP contribution in [0.5, 0.6) is 5.75 Å². The van der Waals surface area contributed by atoms with Crippen LogP contribution in [-0.2, 0) is 13.2 Å². The standard InChI is InChI=1S/C16H15NO/c1-12-7-14-9-17-10-15(14)8-16(12)18-11-13-5-3-2-4-6-13/h2-8,10H,9,11H2,1H3. The maximum absolute atomic E-state index is 5.89. The Kier molecular flexibility index (Phi) is 2.85. The lowest BCUT2D eigenvalue weighted by atomic mass is 10.1. The van der Waals surface area contributed by atoms with Crippen LogP contribution in [0.3, 0.4) is 0 Å². The molecular formula is C16H15NO. The van der Waals surface area contributed by atoms with Crippen LogP contribution in [0.15, 0.2) is 47.5 Å². The second kappa shape index (κ2) is 4.65. The summed E-state index contributed by atoms with van der Waals surface area (Å²) in [5.41, 5.74) is 4.84. The van der Waals surface area contributed by atoms with Crippen LogP contribution < -0.4 is 4.74 Å². The first-order chi connectivity index (χ1) is 8.83. The lowest BCUT2D eigenvalue weighted by molar-refractivity contribution is 0.304. The Bertz CT molecular complexity index is 588. The molecule has 0 spiro atoms. The van der Waals surface area contributed by atoms with Crippen LogP contribution in [0.1, 0.15) is 22.3 Å². The zero-order chi connectivity index (χ0) is 12.4. The highest BCUT2D eigenvalue weighted by Crippen LogP contribution is 2.26. The molecule has 1 aliphatic rings. The molecule has 0 radical (unpaired) electrons. The van der Waals surface area contributed by atoms with Crippen LogP contribution in [-0.4, -0.2) is 6.21 Å². The third-order valence-electron chi connectivity index (χ3n) is 3.17. The van der Waals surface area contributed by atoms with Crippen LogP contribution in [0.25, 0.3) is 0 Å². The van der Waals surface area contributed by atoms with E-state index in [1.54, 1.807) is 0 Å². The highest BCUT2D eigenvalue weighted by atomic mass is 16.5. The van der Waals surface area contributed by atoms with E-state index in [4.69, 9.17) is 4.74 Å². The molecule has 1 heterocycles. The number of nitrogens with zero attached hydrogens (tertiary/aromatic N) is 1. The molecule has 2 heteroatoms. The summed E-state index contributed by atoms with van der Waals surface area (Å²) in [7, 11) is 0. The summed E-state index contributed by atoms with van der Waals surface area (Å²) in [6.07, 6.45) is 1.92. The Morgan fingerprint density at radius 1 is 1.17 bits per heavy atom. The molecule has 0 amide bonds. The summed E-state index contributed by atoms with van der Waals surface area (Å²) < 4.78 is 5.89. The van der Waals surface area contributed by atoms with Crippen LogP contribution in [0.2, 0.25) is 0 Å².